The summed E-state index contributed by atoms with van der Waals surface area (Å²) in [6.07, 6.45) is 1.32. The van der Waals surface area contributed by atoms with E-state index in [9.17, 15) is 9.59 Å². The van der Waals surface area contributed by atoms with Gasteiger partial charge in [-0.3, -0.25) is 9.59 Å². The summed E-state index contributed by atoms with van der Waals surface area (Å²) in [5.41, 5.74) is 2.77. The number of aromatic nitrogens is 1. The molecule has 0 aliphatic carbocycles. The lowest BCUT2D eigenvalue weighted by Crippen LogP contribution is -2.13. The molecule has 4 nitrogen and oxygen atoms in total. The molecular weight excluding hydrogens is 320 g/mol. The van der Waals surface area contributed by atoms with Gasteiger partial charge in [0.1, 0.15) is 0 Å². The lowest BCUT2D eigenvalue weighted by Gasteiger charge is -2.01. The number of carbonyl (C=O) groups excluding carboxylic acids is 2. The number of hydrogen-bond acceptors (Lipinski definition) is 4. The van der Waals surface area contributed by atoms with Gasteiger partial charge in [0.15, 0.2) is 10.9 Å². The Balaban J connectivity index is 1.59. The van der Waals surface area contributed by atoms with Gasteiger partial charge in [-0.25, -0.2) is 4.98 Å². The fourth-order valence-corrected chi connectivity index (χ4v) is 3.37. The summed E-state index contributed by atoms with van der Waals surface area (Å²) in [5.74, 6) is -0.211. The fraction of sp³-hybridized carbons (Fsp3) is 0.211. The molecule has 0 radical (unpaired) electrons. The van der Waals surface area contributed by atoms with Crippen LogP contribution in [-0.4, -0.2) is 16.7 Å². The van der Waals surface area contributed by atoms with Crippen LogP contribution in [-0.2, 0) is 11.2 Å². The molecule has 0 aliphatic heterocycles. The second-order valence-electron chi connectivity index (χ2n) is 5.51. The molecular formula is C19H18N2O2S. The Labute approximate surface area is 144 Å². The topological polar surface area (TPSA) is 59.1 Å². The Kier molecular flexibility index (Phi) is 5.01. The van der Waals surface area contributed by atoms with Gasteiger partial charge >= 0.3 is 0 Å². The van der Waals surface area contributed by atoms with Gasteiger partial charge < -0.3 is 5.32 Å². The van der Waals surface area contributed by atoms with E-state index in [0.29, 0.717) is 10.7 Å². The molecule has 0 spiro atoms. The molecule has 0 fully saturated rings. The van der Waals surface area contributed by atoms with E-state index < -0.39 is 0 Å². The lowest BCUT2D eigenvalue weighted by molar-refractivity contribution is -0.116. The van der Waals surface area contributed by atoms with Gasteiger partial charge in [0.25, 0.3) is 0 Å². The molecule has 122 valence electrons. The Morgan fingerprint density at radius 1 is 1.08 bits per heavy atom. The minimum absolute atomic E-state index is 0.0253. The molecule has 24 heavy (non-hydrogen) atoms. The van der Waals surface area contributed by atoms with Crippen LogP contribution < -0.4 is 5.32 Å². The Hall–Kier alpha value is -2.53. The van der Waals surface area contributed by atoms with E-state index in [1.807, 2.05) is 30.3 Å². The number of anilines is 1. The quantitative estimate of drug-likeness (QED) is 0.675. The van der Waals surface area contributed by atoms with Crippen molar-refractivity contribution < 1.29 is 9.59 Å². The second kappa shape index (κ2) is 7.36. The third-order valence-electron chi connectivity index (χ3n) is 3.78. The molecule has 0 unspecified atom stereocenters. The Morgan fingerprint density at radius 2 is 1.88 bits per heavy atom. The zero-order chi connectivity index (χ0) is 16.9. The van der Waals surface area contributed by atoms with E-state index in [4.69, 9.17) is 0 Å². The molecule has 1 heterocycles. The van der Waals surface area contributed by atoms with E-state index in [1.165, 1.54) is 16.9 Å². The average molecular weight is 338 g/mol. The number of nitrogens with zero attached hydrogens (tertiary/aromatic N) is 1. The number of nitrogens with one attached hydrogen (secondary N) is 1. The highest BCUT2D eigenvalue weighted by Crippen LogP contribution is 2.27. The second-order valence-corrected chi connectivity index (χ2v) is 6.54. The normalized spacial score (nSPS) is 10.7. The molecule has 1 aromatic heterocycles. The molecule has 5 heteroatoms. The first-order chi connectivity index (χ1) is 11.7. The minimum Gasteiger partial charge on any atom is -0.302 e. The zero-order valence-electron chi connectivity index (χ0n) is 13.4. The smallest absolute Gasteiger partial charge is 0.226 e. The number of aryl methyl sites for hydroxylation is 1. The summed E-state index contributed by atoms with van der Waals surface area (Å²) in [4.78, 5) is 28.5. The molecule has 1 amide bonds. The van der Waals surface area contributed by atoms with Crippen molar-refractivity contribution in [3.63, 3.8) is 0 Å². The first kappa shape index (κ1) is 16.3. The molecule has 0 saturated carbocycles. The average Bonchev–Trinajstić information content (AvgIpc) is 3.01. The lowest BCUT2D eigenvalue weighted by atomic mass is 10.1. The first-order valence-corrected chi connectivity index (χ1v) is 8.75. The van der Waals surface area contributed by atoms with Crippen LogP contribution >= 0.6 is 11.3 Å². The van der Waals surface area contributed by atoms with Crippen LogP contribution in [0.2, 0.25) is 0 Å². The van der Waals surface area contributed by atoms with Crippen molar-refractivity contribution >= 4 is 38.4 Å². The Morgan fingerprint density at radius 3 is 2.62 bits per heavy atom. The monoisotopic (exact) mass is 338 g/mol. The Bertz CT molecular complexity index is 871. The van der Waals surface area contributed by atoms with Gasteiger partial charge in [-0.15, -0.1) is 0 Å². The summed E-state index contributed by atoms with van der Waals surface area (Å²) < 4.78 is 1.06. The highest BCUT2D eigenvalue weighted by molar-refractivity contribution is 7.22. The molecule has 3 aromatic rings. The van der Waals surface area contributed by atoms with Gasteiger partial charge in [0, 0.05) is 18.4 Å². The summed E-state index contributed by atoms with van der Waals surface area (Å²) >= 11 is 1.46. The predicted molar refractivity (Wildman–Crippen MR) is 97.6 cm³/mol. The maximum absolute atomic E-state index is 12.1. The first-order valence-electron chi connectivity index (χ1n) is 7.93. The van der Waals surface area contributed by atoms with E-state index in [0.717, 1.165) is 16.6 Å². The van der Waals surface area contributed by atoms with Gasteiger partial charge in [0.2, 0.25) is 5.91 Å². The summed E-state index contributed by atoms with van der Waals surface area (Å²) in [6.45, 7) is 2.11. The number of benzene rings is 2. The van der Waals surface area contributed by atoms with E-state index in [-0.39, 0.29) is 24.5 Å². The fourth-order valence-electron chi connectivity index (χ4n) is 2.42. The van der Waals surface area contributed by atoms with Crippen LogP contribution in [0, 0.1) is 0 Å². The van der Waals surface area contributed by atoms with Crippen molar-refractivity contribution in [2.24, 2.45) is 0 Å². The molecule has 3 rings (SSSR count). The van der Waals surface area contributed by atoms with Crippen LogP contribution in [0.5, 0.6) is 0 Å². The summed E-state index contributed by atoms with van der Waals surface area (Å²) in [7, 11) is 0. The van der Waals surface area contributed by atoms with Gasteiger partial charge in [-0.2, -0.15) is 0 Å². The van der Waals surface area contributed by atoms with Crippen molar-refractivity contribution in [3.8, 4) is 0 Å². The van der Waals surface area contributed by atoms with Crippen LogP contribution in [0.4, 0.5) is 5.13 Å². The minimum atomic E-state index is -0.186. The van der Waals surface area contributed by atoms with Gasteiger partial charge in [0.05, 0.1) is 10.2 Å². The number of hydrogen-bond donors (Lipinski definition) is 1. The number of carbonyl (C=O) groups is 2. The largest absolute Gasteiger partial charge is 0.302 e. The maximum atomic E-state index is 12.1. The van der Waals surface area contributed by atoms with E-state index >= 15 is 0 Å². The number of Topliss-reactive ketones (excluding diaryl/α,β-unsaturated/α-hetero) is 1. The number of thiazole rings is 1. The van der Waals surface area contributed by atoms with Gasteiger partial charge in [-0.1, -0.05) is 54.7 Å². The molecule has 0 atom stereocenters. The molecule has 2 aromatic carbocycles. The molecule has 0 aliphatic rings. The number of ketones is 1. The number of fused-ring (bicyclic) bond motifs is 1. The van der Waals surface area contributed by atoms with E-state index in [1.54, 1.807) is 12.1 Å². The van der Waals surface area contributed by atoms with Gasteiger partial charge in [-0.05, 0) is 24.1 Å². The maximum Gasteiger partial charge on any atom is 0.226 e. The number of amides is 1. The third-order valence-corrected chi connectivity index (χ3v) is 4.72. The van der Waals surface area contributed by atoms with Crippen LogP contribution in [0.3, 0.4) is 0 Å². The van der Waals surface area contributed by atoms with Crippen molar-refractivity contribution in [2.45, 2.75) is 26.2 Å². The van der Waals surface area contributed by atoms with Crippen molar-refractivity contribution in [1.82, 2.24) is 4.98 Å². The standard InChI is InChI=1S/C19H18N2O2S/c1-2-13-8-9-15-17(12-13)24-19(20-15)21-18(23)11-10-16(22)14-6-4-3-5-7-14/h3-9,12H,2,10-11H2,1H3,(H,20,21,23). The van der Waals surface area contributed by atoms with Crippen molar-refractivity contribution in [3.05, 3.63) is 59.7 Å². The van der Waals surface area contributed by atoms with E-state index in [2.05, 4.69) is 23.3 Å². The summed E-state index contributed by atoms with van der Waals surface area (Å²) in [6, 6.07) is 15.1. The van der Waals surface area contributed by atoms with Crippen molar-refractivity contribution in [1.29, 1.82) is 0 Å². The molecule has 0 saturated heterocycles. The molecule has 1 N–H and O–H groups in total. The van der Waals surface area contributed by atoms with Crippen molar-refractivity contribution in [2.75, 3.05) is 5.32 Å². The van der Waals surface area contributed by atoms with Crippen LogP contribution in [0.15, 0.2) is 48.5 Å². The summed E-state index contributed by atoms with van der Waals surface area (Å²) in [5, 5.41) is 3.37. The third kappa shape index (κ3) is 3.86. The SMILES string of the molecule is CCc1ccc2nc(NC(=O)CCC(=O)c3ccccc3)sc2c1. The number of rotatable bonds is 6. The van der Waals surface area contributed by atoms with Crippen LogP contribution in [0.1, 0.15) is 35.7 Å². The van der Waals surface area contributed by atoms with Crippen LogP contribution in [0.25, 0.3) is 10.2 Å². The predicted octanol–water partition coefficient (Wildman–Crippen LogP) is 4.46. The molecule has 0 bridgehead atoms. The highest BCUT2D eigenvalue weighted by atomic mass is 32.1. The zero-order valence-corrected chi connectivity index (χ0v) is 14.2. The highest BCUT2D eigenvalue weighted by Gasteiger charge is 2.11.